The fraction of sp³-hybridized carbons (Fsp3) is 0.417. The Balaban J connectivity index is 2.25. The third-order valence-corrected chi connectivity index (χ3v) is 2.41. The Morgan fingerprint density at radius 2 is 2.36 bits per heavy atom. The predicted octanol–water partition coefficient (Wildman–Crippen LogP) is 2.88. The molecule has 0 aliphatic heterocycles. The Bertz CT molecular complexity index is 415. The van der Waals surface area contributed by atoms with Crippen LogP contribution < -0.4 is 0 Å². The average molecular weight is 187 g/mol. The number of aryl methyl sites for hydroxylation is 1. The highest BCUT2D eigenvalue weighted by Crippen LogP contribution is 2.13. The van der Waals surface area contributed by atoms with Gasteiger partial charge in [0, 0.05) is 6.54 Å². The van der Waals surface area contributed by atoms with Gasteiger partial charge in [-0.1, -0.05) is 19.9 Å². The van der Waals surface area contributed by atoms with Crippen molar-refractivity contribution in [1.82, 2.24) is 9.55 Å². The highest BCUT2D eigenvalue weighted by molar-refractivity contribution is 5.74. The molecular formula is C12H15N2. The lowest BCUT2D eigenvalue weighted by atomic mass is 10.1. The van der Waals surface area contributed by atoms with Crippen LogP contribution in [0.15, 0.2) is 24.5 Å². The molecular weight excluding hydrogens is 172 g/mol. The van der Waals surface area contributed by atoms with E-state index in [2.05, 4.69) is 29.5 Å². The van der Waals surface area contributed by atoms with E-state index in [0.29, 0.717) is 0 Å². The van der Waals surface area contributed by atoms with Crippen LogP contribution in [0.2, 0.25) is 0 Å². The number of nitrogens with zero attached hydrogens (tertiary/aromatic N) is 2. The van der Waals surface area contributed by atoms with Gasteiger partial charge in [0.15, 0.2) is 0 Å². The second-order valence-electron chi connectivity index (χ2n) is 4.04. The lowest BCUT2D eigenvalue weighted by Gasteiger charge is -2.06. The predicted molar refractivity (Wildman–Crippen MR) is 58.0 cm³/mol. The highest BCUT2D eigenvalue weighted by atomic mass is 15.0. The maximum atomic E-state index is 4.34. The summed E-state index contributed by atoms with van der Waals surface area (Å²) in [6.45, 7) is 5.53. The van der Waals surface area contributed by atoms with Crippen molar-refractivity contribution >= 4 is 11.0 Å². The van der Waals surface area contributed by atoms with Gasteiger partial charge in [-0.25, -0.2) is 4.98 Å². The van der Waals surface area contributed by atoms with Gasteiger partial charge in [-0.2, -0.15) is 0 Å². The van der Waals surface area contributed by atoms with Gasteiger partial charge < -0.3 is 4.57 Å². The van der Waals surface area contributed by atoms with Gasteiger partial charge in [-0.3, -0.25) is 0 Å². The number of benzene rings is 1. The van der Waals surface area contributed by atoms with Crippen molar-refractivity contribution in [3.05, 3.63) is 30.6 Å². The van der Waals surface area contributed by atoms with Crippen LogP contribution in [0.3, 0.4) is 0 Å². The molecule has 0 fully saturated rings. The fourth-order valence-electron chi connectivity index (χ4n) is 1.52. The minimum Gasteiger partial charge on any atom is -0.331 e. The van der Waals surface area contributed by atoms with Gasteiger partial charge in [0.2, 0.25) is 0 Å². The first kappa shape index (κ1) is 9.25. The highest BCUT2D eigenvalue weighted by Gasteiger charge is 2.01. The molecule has 2 nitrogen and oxygen atoms in total. The summed E-state index contributed by atoms with van der Waals surface area (Å²) in [5, 5.41) is 0. The molecule has 0 bridgehead atoms. The van der Waals surface area contributed by atoms with Gasteiger partial charge in [-0.15, -0.1) is 0 Å². The molecule has 0 atom stereocenters. The van der Waals surface area contributed by atoms with Crippen molar-refractivity contribution in [2.45, 2.75) is 26.8 Å². The summed E-state index contributed by atoms with van der Waals surface area (Å²) in [5.74, 6) is 0.736. The van der Waals surface area contributed by atoms with Gasteiger partial charge in [0.25, 0.3) is 0 Å². The molecule has 1 aromatic heterocycles. The number of fused-ring (bicyclic) bond motifs is 1. The largest absolute Gasteiger partial charge is 0.331 e. The molecule has 0 amide bonds. The van der Waals surface area contributed by atoms with Crippen molar-refractivity contribution in [3.8, 4) is 0 Å². The Hall–Kier alpha value is -1.31. The molecule has 0 aliphatic carbocycles. The van der Waals surface area contributed by atoms with Crippen LogP contribution in [-0.4, -0.2) is 9.55 Å². The normalized spacial score (nSPS) is 11.4. The first-order valence-electron chi connectivity index (χ1n) is 5.08. The summed E-state index contributed by atoms with van der Waals surface area (Å²) in [4.78, 5) is 4.34. The number of aromatic nitrogens is 2. The van der Waals surface area contributed by atoms with Crippen molar-refractivity contribution in [3.63, 3.8) is 0 Å². The second-order valence-corrected chi connectivity index (χ2v) is 4.04. The molecule has 2 rings (SSSR count). The molecule has 2 heteroatoms. The molecule has 2 aromatic rings. The number of hydrogen-bond donors (Lipinski definition) is 0. The monoisotopic (exact) mass is 187 g/mol. The van der Waals surface area contributed by atoms with E-state index in [1.54, 1.807) is 0 Å². The van der Waals surface area contributed by atoms with Gasteiger partial charge >= 0.3 is 0 Å². The van der Waals surface area contributed by atoms with Crippen LogP contribution in [0.5, 0.6) is 0 Å². The number of imidazole rings is 1. The maximum absolute atomic E-state index is 4.34. The Kier molecular flexibility index (Phi) is 2.53. The molecule has 73 valence electrons. The zero-order chi connectivity index (χ0) is 9.97. The first-order valence-corrected chi connectivity index (χ1v) is 5.08. The second kappa shape index (κ2) is 3.82. The first-order chi connectivity index (χ1) is 6.77. The average Bonchev–Trinajstić information content (AvgIpc) is 2.58. The van der Waals surface area contributed by atoms with Gasteiger partial charge in [0.05, 0.1) is 17.4 Å². The summed E-state index contributed by atoms with van der Waals surface area (Å²) in [6, 6.07) is 9.00. The molecule has 0 spiro atoms. The molecule has 0 unspecified atom stereocenters. The number of hydrogen-bond acceptors (Lipinski definition) is 1. The number of rotatable bonds is 3. The van der Waals surface area contributed by atoms with Gasteiger partial charge in [-0.05, 0) is 30.5 Å². The standard InChI is InChI=1S/C12H15N2/c1-10(2)7-8-14-9-13-11-5-3-4-6-12(11)14/h3,5-6,9-10H,7-8H2,1-2H3. The minimum atomic E-state index is 0.736. The van der Waals surface area contributed by atoms with Crippen molar-refractivity contribution in [2.24, 2.45) is 5.92 Å². The fourth-order valence-corrected chi connectivity index (χ4v) is 1.52. The Morgan fingerprint density at radius 3 is 3.14 bits per heavy atom. The Morgan fingerprint density at radius 1 is 1.50 bits per heavy atom. The summed E-state index contributed by atoms with van der Waals surface area (Å²) < 4.78 is 2.20. The summed E-state index contributed by atoms with van der Waals surface area (Å²) >= 11 is 0. The minimum absolute atomic E-state index is 0.736. The molecule has 1 aromatic carbocycles. The van der Waals surface area contributed by atoms with Crippen molar-refractivity contribution in [2.75, 3.05) is 0 Å². The Labute approximate surface area is 84.6 Å². The van der Waals surface area contributed by atoms with E-state index in [9.17, 15) is 0 Å². The van der Waals surface area contributed by atoms with E-state index in [4.69, 9.17) is 0 Å². The summed E-state index contributed by atoms with van der Waals surface area (Å²) in [5.41, 5.74) is 2.25. The summed E-state index contributed by atoms with van der Waals surface area (Å²) in [6.07, 6.45) is 3.11. The van der Waals surface area contributed by atoms with E-state index in [0.717, 1.165) is 18.0 Å². The zero-order valence-electron chi connectivity index (χ0n) is 8.70. The van der Waals surface area contributed by atoms with Crippen LogP contribution >= 0.6 is 0 Å². The molecule has 0 aliphatic rings. The van der Waals surface area contributed by atoms with E-state index in [1.807, 2.05) is 24.5 Å². The lowest BCUT2D eigenvalue weighted by Crippen LogP contribution is -1.99. The van der Waals surface area contributed by atoms with Crippen molar-refractivity contribution < 1.29 is 0 Å². The molecule has 1 heterocycles. The zero-order valence-corrected chi connectivity index (χ0v) is 8.70. The van der Waals surface area contributed by atoms with Crippen LogP contribution in [0, 0.1) is 12.0 Å². The van der Waals surface area contributed by atoms with Crippen LogP contribution in [-0.2, 0) is 6.54 Å². The van der Waals surface area contributed by atoms with Gasteiger partial charge in [0.1, 0.15) is 0 Å². The van der Waals surface area contributed by atoms with Crippen LogP contribution in [0.1, 0.15) is 20.3 Å². The van der Waals surface area contributed by atoms with Crippen molar-refractivity contribution in [1.29, 1.82) is 0 Å². The lowest BCUT2D eigenvalue weighted by molar-refractivity contribution is 0.523. The maximum Gasteiger partial charge on any atom is 0.0958 e. The molecule has 1 radical (unpaired) electrons. The summed E-state index contributed by atoms with van der Waals surface area (Å²) in [7, 11) is 0. The van der Waals surface area contributed by atoms with E-state index >= 15 is 0 Å². The topological polar surface area (TPSA) is 17.8 Å². The van der Waals surface area contributed by atoms with E-state index in [-0.39, 0.29) is 0 Å². The third kappa shape index (κ3) is 1.79. The quantitative estimate of drug-likeness (QED) is 0.722. The van der Waals surface area contributed by atoms with E-state index < -0.39 is 0 Å². The molecule has 0 saturated carbocycles. The SMILES string of the molecule is CC(C)CCn1cnc2cc[c]cc21. The van der Waals surface area contributed by atoms with E-state index in [1.165, 1.54) is 11.9 Å². The molecule has 0 saturated heterocycles. The third-order valence-electron chi connectivity index (χ3n) is 2.41. The smallest absolute Gasteiger partial charge is 0.0958 e. The molecule has 14 heavy (non-hydrogen) atoms. The molecule has 0 N–H and O–H groups in total. The van der Waals surface area contributed by atoms with Crippen LogP contribution in [0.4, 0.5) is 0 Å². The van der Waals surface area contributed by atoms with Crippen LogP contribution in [0.25, 0.3) is 11.0 Å².